The zero-order valence-corrected chi connectivity index (χ0v) is 15.7. The summed E-state index contributed by atoms with van der Waals surface area (Å²) < 4.78 is 14.1. The molecule has 0 spiro atoms. The van der Waals surface area contributed by atoms with Crippen LogP contribution in [0.5, 0.6) is 11.5 Å². The quantitative estimate of drug-likeness (QED) is 0.892. The first-order valence-corrected chi connectivity index (χ1v) is 10.1. The van der Waals surface area contributed by atoms with Gasteiger partial charge in [-0.25, -0.2) is 0 Å². The van der Waals surface area contributed by atoms with E-state index in [1.54, 1.807) is 0 Å². The molecule has 0 saturated carbocycles. The number of hydrogen-bond acceptors (Lipinski definition) is 6. The lowest BCUT2D eigenvalue weighted by Crippen LogP contribution is -2.34. The summed E-state index contributed by atoms with van der Waals surface area (Å²) >= 11 is 0. The second kappa shape index (κ2) is 7.48. The third-order valence-electron chi connectivity index (χ3n) is 5.85. The van der Waals surface area contributed by atoms with Gasteiger partial charge in [0.15, 0.2) is 11.5 Å². The normalized spacial score (nSPS) is 20.9. The van der Waals surface area contributed by atoms with Crippen molar-refractivity contribution >= 4 is 0 Å². The maximum Gasteiger partial charge on any atom is 0.165 e. The number of hydrogen-bond donors (Lipinski definition) is 1. The Kier molecular flexibility index (Phi) is 4.71. The Labute approximate surface area is 159 Å². The second-order valence-electron chi connectivity index (χ2n) is 7.65. The third kappa shape index (κ3) is 3.41. The van der Waals surface area contributed by atoms with Crippen molar-refractivity contribution in [3.8, 4) is 11.5 Å². The van der Waals surface area contributed by atoms with Crippen molar-refractivity contribution in [3.05, 3.63) is 35.4 Å². The van der Waals surface area contributed by atoms with Gasteiger partial charge in [0.05, 0.1) is 19.8 Å². The number of fused-ring (bicyclic) bond motifs is 2. The smallest absolute Gasteiger partial charge is 0.165 e. The van der Waals surface area contributed by atoms with Gasteiger partial charge in [-0.15, -0.1) is 10.2 Å². The summed E-state index contributed by atoms with van der Waals surface area (Å²) in [7, 11) is 0. The number of nitrogens with zero attached hydrogens (tertiary/aromatic N) is 4. The van der Waals surface area contributed by atoms with Crippen molar-refractivity contribution in [2.24, 2.45) is 0 Å². The number of aromatic nitrogens is 3. The monoisotopic (exact) mass is 369 g/mol. The molecule has 4 heterocycles. The van der Waals surface area contributed by atoms with Crippen molar-refractivity contribution in [2.75, 3.05) is 32.8 Å². The molecule has 3 aliphatic rings. The molecule has 144 valence electrons. The van der Waals surface area contributed by atoms with Crippen LogP contribution in [0.25, 0.3) is 0 Å². The van der Waals surface area contributed by atoms with Crippen LogP contribution in [0.1, 0.15) is 42.4 Å². The molecule has 1 fully saturated rings. The Morgan fingerprint density at radius 3 is 2.89 bits per heavy atom. The van der Waals surface area contributed by atoms with E-state index in [9.17, 15) is 0 Å². The van der Waals surface area contributed by atoms with Crippen LogP contribution in [0.4, 0.5) is 0 Å². The summed E-state index contributed by atoms with van der Waals surface area (Å²) in [6, 6.07) is 6.26. The zero-order valence-electron chi connectivity index (χ0n) is 15.7. The molecule has 27 heavy (non-hydrogen) atoms. The summed E-state index contributed by atoms with van der Waals surface area (Å²) in [4.78, 5) is 2.52. The number of benzene rings is 1. The predicted octanol–water partition coefficient (Wildman–Crippen LogP) is 1.92. The number of ether oxygens (including phenoxy) is 2. The summed E-state index contributed by atoms with van der Waals surface area (Å²) in [5.74, 6) is 4.63. The van der Waals surface area contributed by atoms with Crippen LogP contribution in [-0.2, 0) is 19.6 Å². The van der Waals surface area contributed by atoms with E-state index in [2.05, 4.69) is 37.1 Å². The first-order valence-electron chi connectivity index (χ1n) is 10.1. The summed E-state index contributed by atoms with van der Waals surface area (Å²) in [5.41, 5.74) is 1.23. The summed E-state index contributed by atoms with van der Waals surface area (Å²) in [6.07, 6.45) is 3.22. The summed E-state index contributed by atoms with van der Waals surface area (Å²) in [5, 5.41) is 12.3. The fourth-order valence-corrected chi connectivity index (χ4v) is 4.39. The van der Waals surface area contributed by atoms with Gasteiger partial charge in [0.2, 0.25) is 0 Å². The highest BCUT2D eigenvalue weighted by Crippen LogP contribution is 2.35. The van der Waals surface area contributed by atoms with Crippen molar-refractivity contribution in [1.82, 2.24) is 25.0 Å². The van der Waals surface area contributed by atoms with Crippen LogP contribution in [-0.4, -0.2) is 52.5 Å². The number of piperidine rings is 1. The van der Waals surface area contributed by atoms with Crippen molar-refractivity contribution < 1.29 is 9.47 Å². The van der Waals surface area contributed by atoms with Crippen LogP contribution < -0.4 is 14.8 Å². The van der Waals surface area contributed by atoms with Gasteiger partial charge in [-0.05, 0) is 32.0 Å². The van der Waals surface area contributed by atoms with Crippen molar-refractivity contribution in [1.29, 1.82) is 0 Å². The standard InChI is InChI=1S/C20H27N5O2/c1-3-16(19-17(4-1)26-11-2-12-27-19)14-24-8-5-15(6-9-24)20-23-22-18-13-21-7-10-25(18)20/h1,3-4,15,21H,2,5-14H2. The highest BCUT2D eigenvalue weighted by Gasteiger charge is 2.27. The number of likely N-dealkylation sites (tertiary alicyclic amines) is 1. The molecule has 3 aliphatic heterocycles. The summed E-state index contributed by atoms with van der Waals surface area (Å²) in [6.45, 7) is 7.39. The Hall–Kier alpha value is -2.12. The maximum atomic E-state index is 5.98. The van der Waals surface area contributed by atoms with Gasteiger partial charge in [-0.3, -0.25) is 4.90 Å². The van der Waals surface area contributed by atoms with E-state index in [4.69, 9.17) is 9.47 Å². The fourth-order valence-electron chi connectivity index (χ4n) is 4.39. The predicted molar refractivity (Wildman–Crippen MR) is 101 cm³/mol. The lowest BCUT2D eigenvalue weighted by atomic mass is 9.95. The van der Waals surface area contributed by atoms with E-state index in [0.29, 0.717) is 5.92 Å². The molecule has 0 radical (unpaired) electrons. The van der Waals surface area contributed by atoms with Gasteiger partial charge in [-0.2, -0.15) is 0 Å². The number of rotatable bonds is 3. The highest BCUT2D eigenvalue weighted by molar-refractivity contribution is 5.47. The largest absolute Gasteiger partial charge is 0.490 e. The van der Waals surface area contributed by atoms with Crippen LogP contribution in [0.15, 0.2) is 18.2 Å². The molecular weight excluding hydrogens is 342 g/mol. The molecule has 1 saturated heterocycles. The molecule has 0 aliphatic carbocycles. The van der Waals surface area contributed by atoms with E-state index in [1.165, 1.54) is 11.4 Å². The Balaban J connectivity index is 1.25. The molecule has 2 aromatic rings. The van der Waals surface area contributed by atoms with E-state index < -0.39 is 0 Å². The molecule has 7 heteroatoms. The minimum atomic E-state index is 0.521. The minimum absolute atomic E-state index is 0.521. The average molecular weight is 369 g/mol. The number of nitrogens with one attached hydrogen (secondary N) is 1. The molecular formula is C20H27N5O2. The third-order valence-corrected chi connectivity index (χ3v) is 5.85. The average Bonchev–Trinajstić information content (AvgIpc) is 2.98. The van der Waals surface area contributed by atoms with E-state index in [0.717, 1.165) is 89.1 Å². The molecule has 1 aromatic carbocycles. The molecule has 0 amide bonds. The molecule has 7 nitrogen and oxygen atoms in total. The first kappa shape index (κ1) is 17.0. The van der Waals surface area contributed by atoms with E-state index >= 15 is 0 Å². The first-order chi connectivity index (χ1) is 13.4. The highest BCUT2D eigenvalue weighted by atomic mass is 16.5. The molecule has 0 atom stereocenters. The van der Waals surface area contributed by atoms with Gasteiger partial charge < -0.3 is 19.4 Å². The van der Waals surface area contributed by atoms with Crippen LogP contribution in [0, 0.1) is 0 Å². The van der Waals surface area contributed by atoms with E-state index in [1.807, 2.05) is 6.07 Å². The van der Waals surface area contributed by atoms with Crippen molar-refractivity contribution in [3.63, 3.8) is 0 Å². The topological polar surface area (TPSA) is 64.4 Å². The lowest BCUT2D eigenvalue weighted by molar-refractivity contribution is 0.196. The lowest BCUT2D eigenvalue weighted by Gasteiger charge is -2.32. The zero-order chi connectivity index (χ0) is 18.1. The van der Waals surface area contributed by atoms with Crippen molar-refractivity contribution in [2.45, 2.75) is 44.8 Å². The van der Waals surface area contributed by atoms with Gasteiger partial charge in [-0.1, -0.05) is 12.1 Å². The van der Waals surface area contributed by atoms with Crippen LogP contribution in [0.2, 0.25) is 0 Å². The fraction of sp³-hybridized carbons (Fsp3) is 0.600. The second-order valence-corrected chi connectivity index (χ2v) is 7.65. The molecule has 1 aromatic heterocycles. The number of para-hydroxylation sites is 1. The SMILES string of the molecule is c1cc(CN2CCC(c3nnc4n3CCNC4)CC2)c2c(c1)OCCCO2. The molecule has 5 rings (SSSR count). The Morgan fingerprint density at radius 2 is 1.96 bits per heavy atom. The molecule has 1 N–H and O–H groups in total. The van der Waals surface area contributed by atoms with Gasteiger partial charge in [0.1, 0.15) is 11.6 Å². The van der Waals surface area contributed by atoms with Crippen LogP contribution in [0.3, 0.4) is 0 Å². The Bertz CT molecular complexity index is 798. The molecule has 0 unspecified atom stereocenters. The minimum Gasteiger partial charge on any atom is -0.490 e. The van der Waals surface area contributed by atoms with Gasteiger partial charge in [0.25, 0.3) is 0 Å². The van der Waals surface area contributed by atoms with E-state index in [-0.39, 0.29) is 0 Å². The van der Waals surface area contributed by atoms with Crippen LogP contribution >= 0.6 is 0 Å². The van der Waals surface area contributed by atoms with Gasteiger partial charge >= 0.3 is 0 Å². The van der Waals surface area contributed by atoms with Gasteiger partial charge in [0, 0.05) is 37.5 Å². The maximum absolute atomic E-state index is 5.98. The molecule has 0 bridgehead atoms. The Morgan fingerprint density at radius 1 is 1.07 bits per heavy atom.